The topological polar surface area (TPSA) is 57.9 Å². The molecule has 1 aromatic carbocycles. The average molecular weight is 284 g/mol. The zero-order valence-corrected chi connectivity index (χ0v) is 9.91. The highest BCUT2D eigenvalue weighted by molar-refractivity contribution is 8.13. The van der Waals surface area contributed by atoms with Gasteiger partial charge in [-0.15, -0.1) is 0 Å². The van der Waals surface area contributed by atoms with Crippen LogP contribution in [0.15, 0.2) is 17.0 Å². The van der Waals surface area contributed by atoms with E-state index in [1.807, 2.05) is 0 Å². The molecule has 0 aliphatic carbocycles. The SMILES string of the molecule is Cc1c(C#N)ccc(S(=O)(=O)Cl)c1C(F)(F)F. The van der Waals surface area contributed by atoms with Gasteiger partial charge in [-0.1, -0.05) is 0 Å². The van der Waals surface area contributed by atoms with Gasteiger partial charge in [0.15, 0.2) is 0 Å². The molecule has 3 nitrogen and oxygen atoms in total. The first-order chi connectivity index (χ1) is 7.59. The van der Waals surface area contributed by atoms with E-state index >= 15 is 0 Å². The third-order valence-electron chi connectivity index (χ3n) is 2.09. The number of hydrogen-bond acceptors (Lipinski definition) is 3. The smallest absolute Gasteiger partial charge is 0.207 e. The van der Waals surface area contributed by atoms with Crippen molar-refractivity contribution in [1.29, 1.82) is 5.26 Å². The molecule has 0 saturated carbocycles. The maximum atomic E-state index is 12.7. The minimum atomic E-state index is -4.89. The van der Waals surface area contributed by atoms with Crippen molar-refractivity contribution in [2.45, 2.75) is 18.0 Å². The zero-order chi connectivity index (χ0) is 13.4. The third-order valence-corrected chi connectivity index (χ3v) is 3.46. The van der Waals surface area contributed by atoms with Crippen molar-refractivity contribution in [3.63, 3.8) is 0 Å². The van der Waals surface area contributed by atoms with E-state index in [1.165, 1.54) is 0 Å². The second kappa shape index (κ2) is 4.20. The van der Waals surface area contributed by atoms with Crippen molar-refractivity contribution in [1.82, 2.24) is 0 Å². The van der Waals surface area contributed by atoms with E-state index < -0.39 is 31.2 Å². The Labute approximate surface area is 99.8 Å². The molecular formula is C9H5ClF3NO2S. The quantitative estimate of drug-likeness (QED) is 0.745. The second-order valence-corrected chi connectivity index (χ2v) is 5.69. The summed E-state index contributed by atoms with van der Waals surface area (Å²) in [6.45, 7) is 1.02. The van der Waals surface area contributed by atoms with E-state index in [1.54, 1.807) is 6.07 Å². The maximum absolute atomic E-state index is 12.7. The van der Waals surface area contributed by atoms with Crippen molar-refractivity contribution in [2.24, 2.45) is 0 Å². The Morgan fingerprint density at radius 2 is 1.88 bits per heavy atom. The monoisotopic (exact) mass is 283 g/mol. The first kappa shape index (κ1) is 13.8. The summed E-state index contributed by atoms with van der Waals surface area (Å²) in [7, 11) is 0.405. The normalized spacial score (nSPS) is 12.2. The summed E-state index contributed by atoms with van der Waals surface area (Å²) < 4.78 is 60.2. The van der Waals surface area contributed by atoms with E-state index in [0.29, 0.717) is 6.07 Å². The van der Waals surface area contributed by atoms with Crippen molar-refractivity contribution in [2.75, 3.05) is 0 Å². The van der Waals surface area contributed by atoms with Crippen LogP contribution in [0.3, 0.4) is 0 Å². The van der Waals surface area contributed by atoms with Gasteiger partial charge in [-0.25, -0.2) is 8.42 Å². The molecule has 0 atom stereocenters. The minimum Gasteiger partial charge on any atom is -0.207 e. The van der Waals surface area contributed by atoms with Crippen molar-refractivity contribution in [3.05, 3.63) is 28.8 Å². The number of rotatable bonds is 1. The Morgan fingerprint density at radius 1 is 1.35 bits per heavy atom. The van der Waals surface area contributed by atoms with Gasteiger partial charge in [0.2, 0.25) is 0 Å². The predicted octanol–water partition coefficient (Wildman–Crippen LogP) is 2.81. The maximum Gasteiger partial charge on any atom is 0.418 e. The van der Waals surface area contributed by atoms with Gasteiger partial charge in [0.05, 0.1) is 22.1 Å². The molecule has 8 heteroatoms. The molecule has 17 heavy (non-hydrogen) atoms. The molecule has 1 rings (SSSR count). The highest BCUT2D eigenvalue weighted by atomic mass is 35.7. The molecular weight excluding hydrogens is 279 g/mol. The van der Waals surface area contributed by atoms with Crippen LogP contribution in [0.25, 0.3) is 0 Å². The largest absolute Gasteiger partial charge is 0.418 e. The highest BCUT2D eigenvalue weighted by Crippen LogP contribution is 2.38. The van der Waals surface area contributed by atoms with Gasteiger partial charge in [-0.05, 0) is 24.6 Å². The van der Waals surface area contributed by atoms with Gasteiger partial charge in [0, 0.05) is 10.7 Å². The molecule has 1 aromatic rings. The van der Waals surface area contributed by atoms with E-state index in [9.17, 15) is 21.6 Å². The summed E-state index contributed by atoms with van der Waals surface area (Å²) in [4.78, 5) is -1.04. The second-order valence-electron chi connectivity index (χ2n) is 3.16. The molecule has 0 bridgehead atoms. The summed E-state index contributed by atoms with van der Waals surface area (Å²) in [5.74, 6) is 0. The number of benzene rings is 1. The lowest BCUT2D eigenvalue weighted by atomic mass is 10.0. The van der Waals surface area contributed by atoms with Gasteiger partial charge < -0.3 is 0 Å². The number of hydrogen-bond donors (Lipinski definition) is 0. The summed E-state index contributed by atoms with van der Waals surface area (Å²) in [6.07, 6.45) is -4.89. The molecule has 0 N–H and O–H groups in total. The first-order valence-corrected chi connectivity index (χ1v) is 6.45. The van der Waals surface area contributed by atoms with E-state index in [4.69, 9.17) is 15.9 Å². The highest BCUT2D eigenvalue weighted by Gasteiger charge is 2.39. The molecule has 0 aliphatic rings. The summed E-state index contributed by atoms with van der Waals surface area (Å²) in [5, 5.41) is 8.60. The van der Waals surface area contributed by atoms with Crippen molar-refractivity contribution in [3.8, 4) is 6.07 Å². The van der Waals surface area contributed by atoms with Gasteiger partial charge in [-0.2, -0.15) is 18.4 Å². The molecule has 0 spiro atoms. The van der Waals surface area contributed by atoms with Crippen LogP contribution in [0.4, 0.5) is 13.2 Å². The number of nitrogens with zero attached hydrogens (tertiary/aromatic N) is 1. The minimum absolute atomic E-state index is 0.249. The molecule has 0 radical (unpaired) electrons. The zero-order valence-electron chi connectivity index (χ0n) is 8.34. The van der Waals surface area contributed by atoms with Crippen molar-refractivity contribution < 1.29 is 21.6 Å². The number of halogens is 4. The fraction of sp³-hybridized carbons (Fsp3) is 0.222. The Balaban J connectivity index is 3.80. The Hall–Kier alpha value is -1.26. The summed E-state index contributed by atoms with van der Waals surface area (Å²) in [5.41, 5.74) is -2.10. The lowest BCUT2D eigenvalue weighted by Crippen LogP contribution is -2.14. The lowest BCUT2D eigenvalue weighted by molar-refractivity contribution is -0.140. The Bertz CT molecular complexity index is 602. The lowest BCUT2D eigenvalue weighted by Gasteiger charge is -2.14. The van der Waals surface area contributed by atoms with Crippen molar-refractivity contribution >= 4 is 19.7 Å². The number of alkyl halides is 3. The van der Waals surface area contributed by atoms with Gasteiger partial charge in [-0.3, -0.25) is 0 Å². The van der Waals surface area contributed by atoms with Crippen LogP contribution in [-0.2, 0) is 15.2 Å². The van der Waals surface area contributed by atoms with Crippen LogP contribution < -0.4 is 0 Å². The van der Waals surface area contributed by atoms with Crippen LogP contribution in [0, 0.1) is 18.3 Å². The van der Waals surface area contributed by atoms with Crippen LogP contribution >= 0.6 is 10.7 Å². The van der Waals surface area contributed by atoms with E-state index in [0.717, 1.165) is 13.0 Å². The molecule has 92 valence electrons. The predicted molar refractivity (Wildman–Crippen MR) is 53.9 cm³/mol. The first-order valence-electron chi connectivity index (χ1n) is 4.14. The fourth-order valence-corrected chi connectivity index (χ4v) is 2.49. The summed E-state index contributed by atoms with van der Waals surface area (Å²) in [6, 6.07) is 3.21. The van der Waals surface area contributed by atoms with Crippen LogP contribution in [-0.4, -0.2) is 8.42 Å². The molecule has 0 saturated heterocycles. The van der Waals surface area contributed by atoms with E-state index in [-0.39, 0.29) is 5.56 Å². The molecule has 0 unspecified atom stereocenters. The molecule has 0 heterocycles. The van der Waals surface area contributed by atoms with Crippen LogP contribution in [0.1, 0.15) is 16.7 Å². The molecule has 0 fully saturated rings. The van der Waals surface area contributed by atoms with E-state index in [2.05, 4.69) is 0 Å². The summed E-state index contributed by atoms with van der Waals surface area (Å²) >= 11 is 0. The number of nitriles is 1. The van der Waals surface area contributed by atoms with Crippen LogP contribution in [0.5, 0.6) is 0 Å². The Kier molecular flexibility index (Phi) is 3.41. The van der Waals surface area contributed by atoms with Gasteiger partial charge in [0.1, 0.15) is 0 Å². The molecule has 0 amide bonds. The third kappa shape index (κ3) is 2.70. The molecule has 0 aromatic heterocycles. The van der Waals surface area contributed by atoms with Crippen LogP contribution in [0.2, 0.25) is 0 Å². The fourth-order valence-electron chi connectivity index (χ4n) is 1.36. The average Bonchev–Trinajstić information content (AvgIpc) is 2.13. The standard InChI is InChI=1S/C9H5ClF3NO2S/c1-5-6(4-14)2-3-7(17(10,15)16)8(5)9(11,12)13/h2-3H,1H3. The van der Waals surface area contributed by atoms with Gasteiger partial charge >= 0.3 is 6.18 Å². The Morgan fingerprint density at radius 3 is 2.24 bits per heavy atom. The van der Waals surface area contributed by atoms with Gasteiger partial charge in [0.25, 0.3) is 9.05 Å². The molecule has 0 aliphatic heterocycles.